The minimum absolute atomic E-state index is 0.105. The van der Waals surface area contributed by atoms with E-state index in [-0.39, 0.29) is 58.0 Å². The van der Waals surface area contributed by atoms with Gasteiger partial charge in [-0.2, -0.15) is 0 Å². The summed E-state index contributed by atoms with van der Waals surface area (Å²) in [6, 6.07) is 22.9. The minimum Gasteiger partial charge on any atom is -0.494 e. The lowest BCUT2D eigenvalue weighted by molar-refractivity contribution is -0.122. The molecule has 0 fully saturated rings. The van der Waals surface area contributed by atoms with E-state index in [2.05, 4.69) is 31.9 Å². The summed E-state index contributed by atoms with van der Waals surface area (Å²) in [6.07, 6.45) is -0.738. The molecular formula is C44H46N6O10. The molecule has 0 heterocycles. The van der Waals surface area contributed by atoms with Gasteiger partial charge in [0.15, 0.2) is 0 Å². The zero-order valence-corrected chi connectivity index (χ0v) is 34.3. The largest absolute Gasteiger partial charge is 0.494 e. The zero-order valence-electron chi connectivity index (χ0n) is 34.3. The van der Waals surface area contributed by atoms with E-state index in [4.69, 9.17) is 18.9 Å². The van der Waals surface area contributed by atoms with Crippen LogP contribution in [0.5, 0.6) is 23.0 Å². The monoisotopic (exact) mass is 818 g/mol. The predicted molar refractivity (Wildman–Crippen MR) is 225 cm³/mol. The van der Waals surface area contributed by atoms with Gasteiger partial charge in [-0.15, -0.1) is 0 Å². The van der Waals surface area contributed by atoms with Crippen LogP contribution >= 0.6 is 0 Å². The van der Waals surface area contributed by atoms with E-state index in [1.807, 2.05) is 0 Å². The maximum absolute atomic E-state index is 14.5. The van der Waals surface area contributed by atoms with E-state index < -0.39 is 58.0 Å². The number of amides is 4. The lowest BCUT2D eigenvalue weighted by atomic mass is 9.97. The summed E-state index contributed by atoms with van der Waals surface area (Å²) in [4.78, 5) is 80.6. The molecule has 0 bridgehead atoms. The van der Waals surface area contributed by atoms with Gasteiger partial charge in [0.05, 0.1) is 49.2 Å². The van der Waals surface area contributed by atoms with Crippen molar-refractivity contribution in [3.05, 3.63) is 119 Å². The molecule has 4 amide bonds. The van der Waals surface area contributed by atoms with E-state index in [9.17, 15) is 28.8 Å². The van der Waals surface area contributed by atoms with Gasteiger partial charge in [0.2, 0.25) is 23.4 Å². The molecule has 6 N–H and O–H groups in total. The Kier molecular flexibility index (Phi) is 13.9. The lowest BCUT2D eigenvalue weighted by Crippen LogP contribution is -2.42. The first-order valence-corrected chi connectivity index (χ1v) is 18.8. The zero-order chi connectivity index (χ0) is 43.7. The average molecular weight is 819 g/mol. The highest BCUT2D eigenvalue weighted by molar-refractivity contribution is 6.28. The van der Waals surface area contributed by atoms with Crippen molar-refractivity contribution >= 4 is 57.9 Å². The Bertz CT molecular complexity index is 2220. The van der Waals surface area contributed by atoms with Gasteiger partial charge in [-0.05, 0) is 52.0 Å². The van der Waals surface area contributed by atoms with E-state index in [0.29, 0.717) is 11.1 Å². The molecule has 5 rings (SSSR count). The van der Waals surface area contributed by atoms with Gasteiger partial charge in [-0.1, -0.05) is 36.4 Å². The molecule has 4 aromatic carbocycles. The molecule has 0 aromatic heterocycles. The fourth-order valence-electron chi connectivity index (χ4n) is 5.92. The van der Waals surface area contributed by atoms with Crippen LogP contribution < -0.4 is 50.8 Å². The van der Waals surface area contributed by atoms with Crippen LogP contribution in [0.15, 0.2) is 108 Å². The summed E-state index contributed by atoms with van der Waals surface area (Å²) in [6.45, 7) is 9.43. The number of Topliss-reactive ketones (excluding diaryl/α,β-unsaturated/α-hetero) is 2. The standard InChI is InChI=1S/C44H46N6O10/c1-23(2)59-35-21-29(33(57-7)19-31(35)49-43(55)27-15-11-9-12-16-27)47-39-37(45-25(5)51)42(54)40(38(41(39)53)46-26(6)52)48-30-22-36(60-24(3)4)32(20-34(30)58-8)50-44(56)28-17-13-10-14-18-28/h9-24,47-48H,1-8H3,(H,45,51)(H,46,52)(H,49,55)(H,50,56). The van der Waals surface area contributed by atoms with Crippen molar-refractivity contribution in [2.75, 3.05) is 35.5 Å². The van der Waals surface area contributed by atoms with E-state index in [0.717, 1.165) is 13.8 Å². The van der Waals surface area contributed by atoms with Crippen LogP contribution in [-0.2, 0) is 19.2 Å². The number of hydrogen-bond acceptors (Lipinski definition) is 12. The van der Waals surface area contributed by atoms with Gasteiger partial charge < -0.3 is 50.8 Å². The van der Waals surface area contributed by atoms with Crippen LogP contribution in [0.1, 0.15) is 62.3 Å². The van der Waals surface area contributed by atoms with Crippen LogP contribution in [0, 0.1) is 0 Å². The smallest absolute Gasteiger partial charge is 0.255 e. The molecule has 60 heavy (non-hydrogen) atoms. The number of ether oxygens (including phenoxy) is 4. The Hall–Kier alpha value is -7.62. The summed E-state index contributed by atoms with van der Waals surface area (Å²) in [5.41, 5.74) is -0.309. The minimum atomic E-state index is -0.907. The number of anilines is 4. The fourth-order valence-corrected chi connectivity index (χ4v) is 5.92. The second kappa shape index (κ2) is 19.2. The summed E-state index contributed by atoms with van der Waals surface area (Å²) < 4.78 is 23.4. The molecule has 0 saturated carbocycles. The summed E-state index contributed by atoms with van der Waals surface area (Å²) in [5, 5.41) is 16.4. The van der Waals surface area contributed by atoms with Gasteiger partial charge in [-0.25, -0.2) is 0 Å². The van der Waals surface area contributed by atoms with Crippen molar-refractivity contribution < 1.29 is 47.7 Å². The molecule has 1 aliphatic rings. The van der Waals surface area contributed by atoms with Gasteiger partial charge in [-0.3, -0.25) is 28.8 Å². The van der Waals surface area contributed by atoms with Crippen molar-refractivity contribution in [3.8, 4) is 23.0 Å². The second-order valence-corrected chi connectivity index (χ2v) is 13.8. The van der Waals surface area contributed by atoms with Crippen molar-refractivity contribution in [1.29, 1.82) is 0 Å². The molecule has 16 nitrogen and oxygen atoms in total. The Morgan fingerprint density at radius 2 is 0.800 bits per heavy atom. The fraction of sp³-hybridized carbons (Fsp3) is 0.227. The predicted octanol–water partition coefficient (Wildman–Crippen LogP) is 6.15. The molecule has 0 saturated heterocycles. The quantitative estimate of drug-likeness (QED) is 0.0703. The van der Waals surface area contributed by atoms with Crippen molar-refractivity contribution in [3.63, 3.8) is 0 Å². The maximum atomic E-state index is 14.5. The molecule has 0 unspecified atom stereocenters. The second-order valence-electron chi connectivity index (χ2n) is 13.8. The molecule has 0 aliphatic heterocycles. The van der Waals surface area contributed by atoms with Crippen molar-refractivity contribution in [2.24, 2.45) is 0 Å². The maximum Gasteiger partial charge on any atom is 0.255 e. The van der Waals surface area contributed by atoms with E-state index in [1.165, 1.54) is 38.5 Å². The Morgan fingerprint density at radius 1 is 0.467 bits per heavy atom. The number of nitrogens with one attached hydrogen (secondary N) is 6. The highest BCUT2D eigenvalue weighted by Crippen LogP contribution is 2.41. The van der Waals surface area contributed by atoms with Crippen LogP contribution in [0.4, 0.5) is 22.7 Å². The van der Waals surface area contributed by atoms with Crippen molar-refractivity contribution in [2.45, 2.75) is 53.8 Å². The molecule has 4 aromatic rings. The van der Waals surface area contributed by atoms with E-state index in [1.54, 1.807) is 88.4 Å². The molecule has 1 aliphatic carbocycles. The first-order valence-electron chi connectivity index (χ1n) is 18.8. The normalized spacial score (nSPS) is 12.5. The molecule has 16 heteroatoms. The molecule has 0 atom stereocenters. The Morgan fingerprint density at radius 3 is 1.10 bits per heavy atom. The molecular weight excluding hydrogens is 773 g/mol. The van der Waals surface area contributed by atoms with Crippen molar-refractivity contribution in [1.82, 2.24) is 10.6 Å². The number of benzene rings is 4. The first kappa shape index (κ1) is 43.5. The summed E-state index contributed by atoms with van der Waals surface area (Å²) >= 11 is 0. The summed E-state index contributed by atoms with van der Waals surface area (Å²) in [7, 11) is 2.72. The highest BCUT2D eigenvalue weighted by Gasteiger charge is 2.38. The van der Waals surface area contributed by atoms with Gasteiger partial charge in [0.1, 0.15) is 45.8 Å². The SMILES string of the molecule is COc1cc(NC(=O)c2ccccc2)c(OC(C)C)cc1NC1=C(NC(C)=O)C(=O)C(Nc2cc(OC(C)C)c(NC(=O)c3ccccc3)cc2OC)=C(NC(C)=O)C1=O. The molecule has 0 radical (unpaired) electrons. The Balaban J connectivity index is 1.59. The lowest BCUT2D eigenvalue weighted by Gasteiger charge is -2.27. The topological polar surface area (TPSA) is 212 Å². The Labute approximate surface area is 346 Å². The third-order valence-corrected chi connectivity index (χ3v) is 8.43. The molecule has 312 valence electrons. The van der Waals surface area contributed by atoms with Crippen LogP contribution in [0.3, 0.4) is 0 Å². The number of ketones is 2. The number of carbonyl (C=O) groups excluding carboxylic acids is 6. The first-order chi connectivity index (χ1) is 28.6. The van der Waals surface area contributed by atoms with E-state index >= 15 is 0 Å². The number of methoxy groups -OCH3 is 2. The van der Waals surface area contributed by atoms with Crippen LogP contribution in [0.2, 0.25) is 0 Å². The van der Waals surface area contributed by atoms with Crippen LogP contribution in [0.25, 0.3) is 0 Å². The highest BCUT2D eigenvalue weighted by atomic mass is 16.5. The number of hydrogen-bond donors (Lipinski definition) is 6. The third-order valence-electron chi connectivity index (χ3n) is 8.43. The third kappa shape index (κ3) is 10.5. The number of carbonyl (C=O) groups is 6. The average Bonchev–Trinajstić information content (AvgIpc) is 3.20. The number of rotatable bonds is 16. The molecule has 0 spiro atoms. The van der Waals surface area contributed by atoms with Gasteiger partial charge in [0.25, 0.3) is 11.8 Å². The van der Waals surface area contributed by atoms with Gasteiger partial charge >= 0.3 is 0 Å². The summed E-state index contributed by atoms with van der Waals surface area (Å²) in [5.74, 6) is -3.45. The van der Waals surface area contributed by atoms with Crippen LogP contribution in [-0.4, -0.2) is 61.6 Å². The van der Waals surface area contributed by atoms with Gasteiger partial charge in [0, 0.05) is 49.2 Å².